The number of aryl methyl sites for hydroxylation is 2. The third kappa shape index (κ3) is 4.59. The summed E-state index contributed by atoms with van der Waals surface area (Å²) in [6.45, 7) is 2.45. The number of anilines is 1. The lowest BCUT2D eigenvalue weighted by Crippen LogP contribution is -2.31. The number of hydrogen-bond acceptors (Lipinski definition) is 6. The lowest BCUT2D eigenvalue weighted by Gasteiger charge is -2.17. The largest absolute Gasteiger partial charge is 0.494 e. The van der Waals surface area contributed by atoms with E-state index < -0.39 is 5.25 Å². The molecule has 2 aromatic rings. The van der Waals surface area contributed by atoms with Gasteiger partial charge in [-0.3, -0.25) is 9.59 Å². The lowest BCUT2D eigenvalue weighted by atomic mass is 9.96. The number of nitriles is 1. The van der Waals surface area contributed by atoms with Crippen LogP contribution in [-0.4, -0.2) is 28.7 Å². The number of benzene rings is 1. The van der Waals surface area contributed by atoms with Crippen LogP contribution in [0.5, 0.6) is 5.75 Å². The zero-order valence-electron chi connectivity index (χ0n) is 17.6. The van der Waals surface area contributed by atoms with Crippen LogP contribution in [0, 0.1) is 11.3 Å². The highest BCUT2D eigenvalue weighted by Gasteiger charge is 2.40. The quantitative estimate of drug-likeness (QED) is 0.646. The van der Waals surface area contributed by atoms with Gasteiger partial charge in [0.15, 0.2) is 0 Å². The summed E-state index contributed by atoms with van der Waals surface area (Å²) in [6, 6.07) is 11.1. The van der Waals surface area contributed by atoms with Gasteiger partial charge in [-0.15, -0.1) is 0 Å². The highest BCUT2D eigenvalue weighted by Crippen LogP contribution is 2.36. The van der Waals surface area contributed by atoms with Crippen LogP contribution in [0.4, 0.5) is 5.69 Å². The summed E-state index contributed by atoms with van der Waals surface area (Å²) < 4.78 is 5.43. The van der Waals surface area contributed by atoms with Gasteiger partial charge in [-0.05, 0) is 68.5 Å². The molecule has 7 heteroatoms. The minimum absolute atomic E-state index is 0.0976. The topological polar surface area (TPSA) is 83.3 Å². The van der Waals surface area contributed by atoms with E-state index in [4.69, 9.17) is 9.72 Å². The molecule has 31 heavy (non-hydrogen) atoms. The molecule has 2 heterocycles. The van der Waals surface area contributed by atoms with E-state index >= 15 is 0 Å². The normalized spacial score (nSPS) is 18.8. The predicted octanol–water partition coefficient (Wildman–Crippen LogP) is 4.44. The van der Waals surface area contributed by atoms with Crippen molar-refractivity contribution in [1.82, 2.24) is 4.98 Å². The Hall–Kier alpha value is -2.85. The van der Waals surface area contributed by atoms with Crippen molar-refractivity contribution >= 4 is 29.3 Å². The van der Waals surface area contributed by atoms with Crippen LogP contribution in [0.3, 0.4) is 0 Å². The maximum Gasteiger partial charge on any atom is 0.247 e. The number of ether oxygens (including phenoxy) is 1. The van der Waals surface area contributed by atoms with E-state index in [1.807, 2.05) is 13.0 Å². The van der Waals surface area contributed by atoms with Gasteiger partial charge < -0.3 is 4.74 Å². The van der Waals surface area contributed by atoms with E-state index in [1.165, 1.54) is 29.5 Å². The number of thioether (sulfide) groups is 1. The van der Waals surface area contributed by atoms with E-state index in [0.717, 1.165) is 36.9 Å². The summed E-state index contributed by atoms with van der Waals surface area (Å²) in [6.07, 6.45) is 6.52. The van der Waals surface area contributed by atoms with Crippen LogP contribution < -0.4 is 9.64 Å². The molecule has 2 aliphatic rings. The first kappa shape index (κ1) is 21.4. The van der Waals surface area contributed by atoms with Crippen molar-refractivity contribution < 1.29 is 14.3 Å². The molecule has 1 saturated heterocycles. The Morgan fingerprint density at radius 3 is 2.61 bits per heavy atom. The van der Waals surface area contributed by atoms with Crippen LogP contribution in [0.1, 0.15) is 55.8 Å². The van der Waals surface area contributed by atoms with Crippen molar-refractivity contribution in [3.63, 3.8) is 0 Å². The predicted molar refractivity (Wildman–Crippen MR) is 119 cm³/mol. The molecule has 1 aliphatic carbocycles. The molecular weight excluding hydrogens is 410 g/mol. The molecule has 4 rings (SSSR count). The maximum absolute atomic E-state index is 13.1. The van der Waals surface area contributed by atoms with Gasteiger partial charge in [0, 0.05) is 12.1 Å². The average molecular weight is 436 g/mol. The van der Waals surface area contributed by atoms with Gasteiger partial charge in [-0.2, -0.15) is 5.26 Å². The molecule has 0 radical (unpaired) electrons. The van der Waals surface area contributed by atoms with Crippen LogP contribution in [0.15, 0.2) is 35.4 Å². The number of aromatic nitrogens is 1. The first-order valence-corrected chi connectivity index (χ1v) is 11.7. The molecule has 160 valence electrons. The Kier molecular flexibility index (Phi) is 6.57. The number of carbonyl (C=O) groups excluding carboxylic acids is 2. The fourth-order valence-corrected chi connectivity index (χ4v) is 5.19. The maximum atomic E-state index is 13.1. The minimum atomic E-state index is -0.578. The standard InChI is InChI=1S/C24H25N3O3S/c1-2-30-19-11-9-18(10-12-19)27-22(28)14-21(24(27)29)31-23-17(15-25)13-16-7-5-3-4-6-8-20(16)26-23/h9-13,21H,2-8,14H2,1H3/t21-/m0/s1. The van der Waals surface area contributed by atoms with Gasteiger partial charge in [0.25, 0.3) is 0 Å². The van der Waals surface area contributed by atoms with Crippen molar-refractivity contribution in [3.05, 3.63) is 47.2 Å². The van der Waals surface area contributed by atoms with Crippen molar-refractivity contribution in [2.45, 2.75) is 62.1 Å². The first-order valence-electron chi connectivity index (χ1n) is 10.8. The monoisotopic (exact) mass is 435 g/mol. The van der Waals surface area contributed by atoms with Crippen LogP contribution >= 0.6 is 11.8 Å². The minimum Gasteiger partial charge on any atom is -0.494 e. The molecule has 2 amide bonds. The smallest absolute Gasteiger partial charge is 0.247 e. The number of fused-ring (bicyclic) bond motifs is 1. The summed E-state index contributed by atoms with van der Waals surface area (Å²) in [4.78, 5) is 31.7. The summed E-state index contributed by atoms with van der Waals surface area (Å²) in [5.41, 5.74) is 3.20. The average Bonchev–Trinajstić information content (AvgIpc) is 3.03. The molecule has 1 aromatic carbocycles. The Balaban J connectivity index is 1.56. The van der Waals surface area contributed by atoms with Gasteiger partial charge in [0.2, 0.25) is 11.8 Å². The second-order valence-electron chi connectivity index (χ2n) is 7.78. The molecule has 0 bridgehead atoms. The van der Waals surface area contributed by atoms with Crippen molar-refractivity contribution in [1.29, 1.82) is 5.26 Å². The van der Waals surface area contributed by atoms with E-state index in [0.29, 0.717) is 28.6 Å². The highest BCUT2D eigenvalue weighted by molar-refractivity contribution is 8.00. The van der Waals surface area contributed by atoms with Gasteiger partial charge in [-0.1, -0.05) is 24.6 Å². The van der Waals surface area contributed by atoms with Crippen molar-refractivity contribution in [2.75, 3.05) is 11.5 Å². The van der Waals surface area contributed by atoms with E-state index in [-0.39, 0.29) is 18.2 Å². The summed E-state index contributed by atoms with van der Waals surface area (Å²) >= 11 is 1.24. The SMILES string of the molecule is CCOc1ccc(N2C(=O)C[C@H](Sc3nc4c(cc3C#N)CCCCCC4)C2=O)cc1. The number of pyridine rings is 1. The van der Waals surface area contributed by atoms with Gasteiger partial charge in [0.05, 0.1) is 23.1 Å². The molecule has 1 aliphatic heterocycles. The number of amides is 2. The third-order valence-corrected chi connectivity index (χ3v) is 6.84. The lowest BCUT2D eigenvalue weighted by molar-refractivity contribution is -0.121. The Morgan fingerprint density at radius 1 is 1.16 bits per heavy atom. The fourth-order valence-electron chi connectivity index (χ4n) is 4.10. The molecule has 0 saturated carbocycles. The van der Waals surface area contributed by atoms with Gasteiger partial charge >= 0.3 is 0 Å². The number of carbonyl (C=O) groups is 2. The molecule has 0 N–H and O–H groups in total. The zero-order chi connectivity index (χ0) is 21.8. The number of nitrogens with zero attached hydrogens (tertiary/aromatic N) is 3. The summed E-state index contributed by atoms with van der Waals surface area (Å²) in [5.74, 6) is 0.188. The van der Waals surface area contributed by atoms with Gasteiger partial charge in [-0.25, -0.2) is 9.88 Å². The van der Waals surface area contributed by atoms with E-state index in [9.17, 15) is 14.9 Å². The fraction of sp³-hybridized carbons (Fsp3) is 0.417. The third-order valence-electron chi connectivity index (χ3n) is 5.65. The molecule has 6 nitrogen and oxygen atoms in total. The number of imide groups is 1. The Morgan fingerprint density at radius 2 is 1.90 bits per heavy atom. The molecule has 1 fully saturated rings. The second kappa shape index (κ2) is 9.52. The number of hydrogen-bond donors (Lipinski definition) is 0. The highest BCUT2D eigenvalue weighted by atomic mass is 32.2. The van der Waals surface area contributed by atoms with Crippen LogP contribution in [0.2, 0.25) is 0 Å². The summed E-state index contributed by atoms with van der Waals surface area (Å²) in [5, 5.41) is 9.64. The molecule has 1 aromatic heterocycles. The first-order chi connectivity index (χ1) is 15.1. The molecule has 0 unspecified atom stereocenters. The molecular formula is C24H25N3O3S. The van der Waals surface area contributed by atoms with Crippen LogP contribution in [0.25, 0.3) is 0 Å². The van der Waals surface area contributed by atoms with Crippen LogP contribution in [-0.2, 0) is 22.4 Å². The number of rotatable bonds is 5. The van der Waals surface area contributed by atoms with Gasteiger partial charge in [0.1, 0.15) is 16.8 Å². The Bertz CT molecular complexity index is 1030. The Labute approximate surface area is 186 Å². The zero-order valence-corrected chi connectivity index (χ0v) is 18.4. The van der Waals surface area contributed by atoms with E-state index in [1.54, 1.807) is 24.3 Å². The summed E-state index contributed by atoms with van der Waals surface area (Å²) in [7, 11) is 0. The molecule has 0 spiro atoms. The van der Waals surface area contributed by atoms with E-state index in [2.05, 4.69) is 6.07 Å². The molecule has 1 atom stereocenters. The van der Waals surface area contributed by atoms with Crippen molar-refractivity contribution in [2.24, 2.45) is 0 Å². The second-order valence-corrected chi connectivity index (χ2v) is 8.97. The van der Waals surface area contributed by atoms with Crippen molar-refractivity contribution in [3.8, 4) is 11.8 Å².